The van der Waals surface area contributed by atoms with Gasteiger partial charge < -0.3 is 15.3 Å². The second kappa shape index (κ2) is 4.04. The Labute approximate surface area is 66.7 Å². The first-order valence-electron chi connectivity index (χ1n) is 4.16. The van der Waals surface area contributed by atoms with Crippen LogP contribution in [-0.2, 0) is 0 Å². The standard InChI is InChI=1S/C8H16O3/c9-3-6-1-2-7(4-10)8(6)5-11/h6-11H,1-5H2. The van der Waals surface area contributed by atoms with Crippen molar-refractivity contribution >= 4 is 0 Å². The lowest BCUT2D eigenvalue weighted by Crippen LogP contribution is -2.23. The molecule has 0 aromatic rings. The minimum Gasteiger partial charge on any atom is -0.396 e. The van der Waals surface area contributed by atoms with Gasteiger partial charge in [0.15, 0.2) is 0 Å². The number of aliphatic hydroxyl groups is 3. The molecule has 1 aliphatic rings. The molecule has 0 heterocycles. The summed E-state index contributed by atoms with van der Waals surface area (Å²) >= 11 is 0. The molecule has 3 N–H and O–H groups in total. The molecule has 1 fully saturated rings. The fourth-order valence-corrected chi connectivity index (χ4v) is 1.99. The molecule has 3 nitrogen and oxygen atoms in total. The van der Waals surface area contributed by atoms with Gasteiger partial charge in [-0.05, 0) is 30.6 Å². The third kappa shape index (κ3) is 1.72. The van der Waals surface area contributed by atoms with Crippen molar-refractivity contribution in [3.05, 3.63) is 0 Å². The summed E-state index contributed by atoms with van der Waals surface area (Å²) < 4.78 is 0. The highest BCUT2D eigenvalue weighted by Crippen LogP contribution is 2.35. The van der Waals surface area contributed by atoms with E-state index < -0.39 is 0 Å². The van der Waals surface area contributed by atoms with Crippen LogP contribution in [0.5, 0.6) is 0 Å². The van der Waals surface area contributed by atoms with Gasteiger partial charge >= 0.3 is 0 Å². The first kappa shape index (κ1) is 8.97. The van der Waals surface area contributed by atoms with Crippen molar-refractivity contribution < 1.29 is 15.3 Å². The van der Waals surface area contributed by atoms with Crippen LogP contribution in [0, 0.1) is 17.8 Å². The molecule has 0 spiro atoms. The topological polar surface area (TPSA) is 60.7 Å². The number of aliphatic hydroxyl groups excluding tert-OH is 3. The highest BCUT2D eigenvalue weighted by molar-refractivity contribution is 4.83. The van der Waals surface area contributed by atoms with Crippen molar-refractivity contribution in [2.75, 3.05) is 19.8 Å². The second-order valence-corrected chi connectivity index (χ2v) is 3.31. The zero-order valence-corrected chi connectivity index (χ0v) is 6.61. The fourth-order valence-electron chi connectivity index (χ4n) is 1.99. The van der Waals surface area contributed by atoms with E-state index in [0.29, 0.717) is 0 Å². The molecule has 1 saturated carbocycles. The van der Waals surface area contributed by atoms with Crippen LogP contribution in [0.15, 0.2) is 0 Å². The van der Waals surface area contributed by atoms with Crippen LogP contribution in [-0.4, -0.2) is 35.1 Å². The molecule has 66 valence electrons. The van der Waals surface area contributed by atoms with E-state index in [0.717, 1.165) is 12.8 Å². The van der Waals surface area contributed by atoms with Gasteiger partial charge in [-0.1, -0.05) is 0 Å². The van der Waals surface area contributed by atoms with Gasteiger partial charge in [-0.2, -0.15) is 0 Å². The van der Waals surface area contributed by atoms with E-state index in [1.165, 1.54) is 0 Å². The third-order valence-electron chi connectivity index (χ3n) is 2.80. The Balaban J connectivity index is 2.48. The highest BCUT2D eigenvalue weighted by Gasteiger charge is 2.34. The predicted molar refractivity (Wildman–Crippen MR) is 41.0 cm³/mol. The summed E-state index contributed by atoms with van der Waals surface area (Å²) in [4.78, 5) is 0. The van der Waals surface area contributed by atoms with Crippen molar-refractivity contribution in [2.24, 2.45) is 17.8 Å². The van der Waals surface area contributed by atoms with Crippen LogP contribution in [0.1, 0.15) is 12.8 Å². The average molecular weight is 160 g/mol. The van der Waals surface area contributed by atoms with Gasteiger partial charge in [0.25, 0.3) is 0 Å². The summed E-state index contributed by atoms with van der Waals surface area (Å²) in [6.07, 6.45) is 1.87. The molecule has 0 saturated heterocycles. The zero-order chi connectivity index (χ0) is 8.27. The molecule has 0 aromatic heterocycles. The van der Waals surface area contributed by atoms with Crippen molar-refractivity contribution in [1.29, 1.82) is 0 Å². The Morgan fingerprint density at radius 3 is 1.55 bits per heavy atom. The summed E-state index contributed by atoms with van der Waals surface area (Å²) in [6.45, 7) is 0.375. The highest BCUT2D eigenvalue weighted by atomic mass is 16.3. The molecule has 0 bridgehead atoms. The maximum Gasteiger partial charge on any atom is 0.0466 e. The van der Waals surface area contributed by atoms with E-state index in [2.05, 4.69) is 0 Å². The van der Waals surface area contributed by atoms with Gasteiger partial charge in [0.05, 0.1) is 0 Å². The molecule has 0 amide bonds. The first-order valence-corrected chi connectivity index (χ1v) is 4.16. The van der Waals surface area contributed by atoms with Crippen molar-refractivity contribution in [3.63, 3.8) is 0 Å². The minimum absolute atomic E-state index is 0.0937. The summed E-state index contributed by atoms with van der Waals surface area (Å²) in [7, 11) is 0. The molecular weight excluding hydrogens is 144 g/mol. The maximum atomic E-state index is 8.95. The molecule has 2 atom stereocenters. The smallest absolute Gasteiger partial charge is 0.0466 e. The van der Waals surface area contributed by atoms with Gasteiger partial charge in [-0.25, -0.2) is 0 Å². The van der Waals surface area contributed by atoms with Crippen LogP contribution in [0.3, 0.4) is 0 Å². The summed E-state index contributed by atoms with van der Waals surface area (Å²) in [5, 5.41) is 26.7. The second-order valence-electron chi connectivity index (χ2n) is 3.31. The number of hydrogen-bond acceptors (Lipinski definition) is 3. The van der Waals surface area contributed by atoms with E-state index in [1.54, 1.807) is 0 Å². The fraction of sp³-hybridized carbons (Fsp3) is 1.00. The monoisotopic (exact) mass is 160 g/mol. The summed E-state index contributed by atoms with van der Waals surface area (Å²) in [6, 6.07) is 0. The first-order chi connectivity index (χ1) is 5.33. The lowest BCUT2D eigenvalue weighted by Gasteiger charge is -2.19. The van der Waals surface area contributed by atoms with Crippen LogP contribution in [0.2, 0.25) is 0 Å². The molecule has 0 aromatic carbocycles. The van der Waals surface area contributed by atoms with Crippen molar-refractivity contribution in [2.45, 2.75) is 12.8 Å². The molecule has 11 heavy (non-hydrogen) atoms. The Kier molecular flexibility index (Phi) is 3.30. The van der Waals surface area contributed by atoms with E-state index >= 15 is 0 Å². The largest absolute Gasteiger partial charge is 0.396 e. The van der Waals surface area contributed by atoms with Gasteiger partial charge in [0, 0.05) is 19.8 Å². The van der Waals surface area contributed by atoms with Crippen LogP contribution >= 0.6 is 0 Å². The normalized spacial score (nSPS) is 37.9. The van der Waals surface area contributed by atoms with Crippen LogP contribution < -0.4 is 0 Å². The van der Waals surface area contributed by atoms with Gasteiger partial charge in [-0.15, -0.1) is 0 Å². The van der Waals surface area contributed by atoms with Crippen LogP contribution in [0.4, 0.5) is 0 Å². The molecule has 3 heteroatoms. The summed E-state index contributed by atoms with van der Waals surface area (Å²) in [5.74, 6) is 0.527. The molecular formula is C8H16O3. The minimum atomic E-state index is 0.0937. The average Bonchev–Trinajstić information content (AvgIpc) is 2.45. The maximum absolute atomic E-state index is 8.95. The number of rotatable bonds is 3. The lowest BCUT2D eigenvalue weighted by molar-refractivity contribution is 0.0928. The van der Waals surface area contributed by atoms with Crippen molar-refractivity contribution in [3.8, 4) is 0 Å². The zero-order valence-electron chi connectivity index (χ0n) is 6.61. The molecule has 1 aliphatic carbocycles. The predicted octanol–water partition coefficient (Wildman–Crippen LogP) is -0.394. The van der Waals surface area contributed by atoms with E-state index in [4.69, 9.17) is 15.3 Å². The van der Waals surface area contributed by atoms with Crippen molar-refractivity contribution in [1.82, 2.24) is 0 Å². The molecule has 0 radical (unpaired) electrons. The Bertz CT molecular complexity index is 104. The molecule has 2 unspecified atom stereocenters. The van der Waals surface area contributed by atoms with E-state index in [1.807, 2.05) is 0 Å². The summed E-state index contributed by atoms with van der Waals surface area (Å²) in [5.41, 5.74) is 0. The Morgan fingerprint density at radius 1 is 0.818 bits per heavy atom. The van der Waals surface area contributed by atoms with Crippen LogP contribution in [0.25, 0.3) is 0 Å². The quantitative estimate of drug-likeness (QED) is 0.526. The third-order valence-corrected chi connectivity index (χ3v) is 2.80. The molecule has 0 aliphatic heterocycles. The van der Waals surface area contributed by atoms with Gasteiger partial charge in [-0.3, -0.25) is 0 Å². The van der Waals surface area contributed by atoms with E-state index in [-0.39, 0.29) is 37.6 Å². The van der Waals surface area contributed by atoms with Gasteiger partial charge in [0.1, 0.15) is 0 Å². The SMILES string of the molecule is OCC1CCC(CO)C1CO. The number of hydrogen-bond donors (Lipinski definition) is 3. The van der Waals surface area contributed by atoms with Gasteiger partial charge in [0.2, 0.25) is 0 Å². The Hall–Kier alpha value is -0.120. The lowest BCUT2D eigenvalue weighted by atomic mass is 9.91. The molecule has 1 rings (SSSR count). The van der Waals surface area contributed by atoms with E-state index in [9.17, 15) is 0 Å². The Morgan fingerprint density at radius 2 is 1.27 bits per heavy atom.